The van der Waals surface area contributed by atoms with Crippen LogP contribution >= 0.6 is 0 Å². The maximum absolute atomic E-state index is 12.4. The number of hydrogen-bond donors (Lipinski definition) is 1. The quantitative estimate of drug-likeness (QED) is 0.837. The normalized spacial score (nSPS) is 23.2. The Kier molecular flexibility index (Phi) is 3.76. The molecule has 3 aliphatic rings. The van der Waals surface area contributed by atoms with E-state index in [2.05, 4.69) is 4.72 Å². The first-order valence-corrected chi connectivity index (χ1v) is 9.38. The second-order valence-corrected chi connectivity index (χ2v) is 7.81. The average molecular weight is 354 g/mol. The van der Waals surface area contributed by atoms with Crippen LogP contribution in [-0.4, -0.2) is 57.9 Å². The summed E-state index contributed by atoms with van der Waals surface area (Å²) >= 11 is 0. The fraction of sp³-hybridized carbons (Fsp3) is 0.533. The number of amides is 1. The molecule has 8 nitrogen and oxygen atoms in total. The molecule has 24 heavy (non-hydrogen) atoms. The maximum Gasteiger partial charge on any atom is 0.410 e. The van der Waals surface area contributed by atoms with E-state index in [-0.39, 0.29) is 23.6 Å². The standard InChI is InChI=1S/C15H18N2O6S/c18-15-17(10-1-2-10)9-11(23-15)8-16-24(19,20)12-3-4-13-14(7-12)22-6-5-21-13/h3-4,7,10-11,16H,1-2,5-6,8-9H2. The summed E-state index contributed by atoms with van der Waals surface area (Å²) in [5.41, 5.74) is 0. The van der Waals surface area contributed by atoms with Crippen molar-refractivity contribution in [3.8, 4) is 11.5 Å². The van der Waals surface area contributed by atoms with Crippen molar-refractivity contribution in [3.05, 3.63) is 18.2 Å². The van der Waals surface area contributed by atoms with Gasteiger partial charge in [0.1, 0.15) is 19.3 Å². The Labute approximate surface area is 139 Å². The SMILES string of the molecule is O=C1OC(CNS(=O)(=O)c2ccc3c(c2)OCCO3)CN1C1CC1. The van der Waals surface area contributed by atoms with E-state index < -0.39 is 16.1 Å². The molecule has 2 heterocycles. The Morgan fingerprint density at radius 1 is 1.17 bits per heavy atom. The van der Waals surface area contributed by atoms with Crippen molar-refractivity contribution in [2.45, 2.75) is 29.9 Å². The van der Waals surface area contributed by atoms with Gasteiger partial charge in [0.2, 0.25) is 10.0 Å². The molecule has 1 amide bonds. The van der Waals surface area contributed by atoms with Crippen molar-refractivity contribution >= 4 is 16.1 Å². The molecule has 1 aromatic rings. The zero-order valence-electron chi connectivity index (χ0n) is 12.9. The summed E-state index contributed by atoms with van der Waals surface area (Å²) in [7, 11) is -3.72. The van der Waals surface area contributed by atoms with E-state index in [1.807, 2.05) is 0 Å². The molecular formula is C15H18N2O6S. The van der Waals surface area contributed by atoms with Gasteiger partial charge in [0.15, 0.2) is 11.5 Å². The van der Waals surface area contributed by atoms with Gasteiger partial charge in [-0.3, -0.25) is 0 Å². The molecule has 1 aromatic carbocycles. The molecule has 0 spiro atoms. The van der Waals surface area contributed by atoms with Gasteiger partial charge in [-0.25, -0.2) is 17.9 Å². The van der Waals surface area contributed by atoms with Crippen molar-refractivity contribution in [1.29, 1.82) is 0 Å². The second-order valence-electron chi connectivity index (χ2n) is 6.05. The van der Waals surface area contributed by atoms with Crippen LogP contribution < -0.4 is 14.2 Å². The largest absolute Gasteiger partial charge is 0.486 e. The molecular weight excluding hydrogens is 336 g/mol. The molecule has 1 aliphatic carbocycles. The van der Waals surface area contributed by atoms with Crippen LogP contribution in [0.2, 0.25) is 0 Å². The highest BCUT2D eigenvalue weighted by Gasteiger charge is 2.41. The Morgan fingerprint density at radius 2 is 1.92 bits per heavy atom. The molecule has 2 aliphatic heterocycles. The van der Waals surface area contributed by atoms with Crippen molar-refractivity contribution in [3.63, 3.8) is 0 Å². The number of benzene rings is 1. The van der Waals surface area contributed by atoms with Crippen LogP contribution in [0.25, 0.3) is 0 Å². The zero-order chi connectivity index (χ0) is 16.7. The number of ether oxygens (including phenoxy) is 3. The molecule has 9 heteroatoms. The van der Waals surface area contributed by atoms with Crippen molar-refractivity contribution in [1.82, 2.24) is 9.62 Å². The molecule has 1 atom stereocenters. The molecule has 0 radical (unpaired) electrons. The Bertz CT molecular complexity index is 761. The molecule has 0 aromatic heterocycles. The highest BCUT2D eigenvalue weighted by molar-refractivity contribution is 7.89. The molecule has 0 bridgehead atoms. The smallest absolute Gasteiger partial charge is 0.410 e. The van der Waals surface area contributed by atoms with E-state index in [9.17, 15) is 13.2 Å². The van der Waals surface area contributed by atoms with Crippen LogP contribution in [0.3, 0.4) is 0 Å². The molecule has 1 N–H and O–H groups in total. The number of nitrogens with one attached hydrogen (secondary N) is 1. The fourth-order valence-electron chi connectivity index (χ4n) is 2.81. The summed E-state index contributed by atoms with van der Waals surface area (Å²) < 4.78 is 43.3. The van der Waals surface area contributed by atoms with Crippen LogP contribution in [0, 0.1) is 0 Å². The number of hydrogen-bond acceptors (Lipinski definition) is 6. The van der Waals surface area contributed by atoms with Gasteiger partial charge in [-0.2, -0.15) is 0 Å². The molecule has 2 fully saturated rings. The van der Waals surface area contributed by atoms with Crippen LogP contribution in [0.5, 0.6) is 11.5 Å². The van der Waals surface area contributed by atoms with E-state index in [4.69, 9.17) is 14.2 Å². The average Bonchev–Trinajstić information content (AvgIpc) is 3.35. The lowest BCUT2D eigenvalue weighted by Crippen LogP contribution is -2.35. The summed E-state index contributed by atoms with van der Waals surface area (Å²) in [6, 6.07) is 4.74. The van der Waals surface area contributed by atoms with E-state index in [1.54, 1.807) is 11.0 Å². The number of cyclic esters (lactones) is 1. The highest BCUT2D eigenvalue weighted by Crippen LogP contribution is 2.32. The number of sulfonamides is 1. The van der Waals surface area contributed by atoms with Gasteiger partial charge in [-0.15, -0.1) is 0 Å². The van der Waals surface area contributed by atoms with Crippen LogP contribution in [0.15, 0.2) is 23.1 Å². The zero-order valence-corrected chi connectivity index (χ0v) is 13.8. The van der Waals surface area contributed by atoms with Crippen LogP contribution in [-0.2, 0) is 14.8 Å². The van der Waals surface area contributed by atoms with Crippen molar-refractivity contribution in [2.24, 2.45) is 0 Å². The Hall–Kier alpha value is -2.00. The van der Waals surface area contributed by atoms with E-state index in [1.165, 1.54) is 12.1 Å². The first-order chi connectivity index (χ1) is 11.5. The Morgan fingerprint density at radius 3 is 2.67 bits per heavy atom. The highest BCUT2D eigenvalue weighted by atomic mass is 32.2. The minimum absolute atomic E-state index is 0.0474. The molecule has 130 valence electrons. The van der Waals surface area contributed by atoms with Crippen LogP contribution in [0.4, 0.5) is 4.79 Å². The molecule has 4 rings (SSSR count). The third kappa shape index (κ3) is 3.01. The maximum atomic E-state index is 12.4. The monoisotopic (exact) mass is 354 g/mol. The predicted octanol–water partition coefficient (Wildman–Crippen LogP) is 0.719. The van der Waals surface area contributed by atoms with Gasteiger partial charge in [0.05, 0.1) is 11.4 Å². The van der Waals surface area contributed by atoms with Crippen LogP contribution in [0.1, 0.15) is 12.8 Å². The molecule has 1 saturated heterocycles. The van der Waals surface area contributed by atoms with Gasteiger partial charge in [0.25, 0.3) is 0 Å². The van der Waals surface area contributed by atoms with E-state index in [0.717, 1.165) is 12.8 Å². The fourth-order valence-corrected chi connectivity index (χ4v) is 3.89. The summed E-state index contributed by atoms with van der Waals surface area (Å²) in [5, 5.41) is 0. The minimum atomic E-state index is -3.72. The lowest BCUT2D eigenvalue weighted by atomic mass is 10.3. The second kappa shape index (κ2) is 5.82. The van der Waals surface area contributed by atoms with Crippen molar-refractivity contribution in [2.75, 3.05) is 26.3 Å². The third-order valence-electron chi connectivity index (χ3n) is 4.21. The van der Waals surface area contributed by atoms with Gasteiger partial charge in [-0.1, -0.05) is 0 Å². The number of fused-ring (bicyclic) bond motifs is 1. The van der Waals surface area contributed by atoms with Gasteiger partial charge in [-0.05, 0) is 25.0 Å². The summed E-state index contributed by atoms with van der Waals surface area (Å²) in [5.74, 6) is 0.946. The van der Waals surface area contributed by atoms with E-state index in [0.29, 0.717) is 31.3 Å². The number of rotatable bonds is 5. The Balaban J connectivity index is 1.41. The lowest BCUT2D eigenvalue weighted by Gasteiger charge is -2.19. The number of carbonyl (C=O) groups excluding carboxylic acids is 1. The van der Waals surface area contributed by atoms with Gasteiger partial charge in [0, 0.05) is 18.7 Å². The number of carbonyl (C=O) groups is 1. The first kappa shape index (κ1) is 15.5. The van der Waals surface area contributed by atoms with Gasteiger partial charge < -0.3 is 19.1 Å². The summed E-state index contributed by atoms with van der Waals surface area (Å²) in [6.07, 6.45) is 1.15. The summed E-state index contributed by atoms with van der Waals surface area (Å²) in [4.78, 5) is 13.5. The molecule has 1 saturated carbocycles. The predicted molar refractivity (Wildman–Crippen MR) is 82.6 cm³/mol. The van der Waals surface area contributed by atoms with Crippen molar-refractivity contribution < 1.29 is 27.4 Å². The molecule has 1 unspecified atom stereocenters. The lowest BCUT2D eigenvalue weighted by molar-refractivity contribution is 0.133. The topological polar surface area (TPSA) is 94.2 Å². The third-order valence-corrected chi connectivity index (χ3v) is 5.64. The first-order valence-electron chi connectivity index (χ1n) is 7.89. The van der Waals surface area contributed by atoms with Gasteiger partial charge >= 0.3 is 6.09 Å². The minimum Gasteiger partial charge on any atom is -0.486 e. The summed E-state index contributed by atoms with van der Waals surface area (Å²) in [6.45, 7) is 1.31. The number of nitrogens with zero attached hydrogens (tertiary/aromatic N) is 1. The van der Waals surface area contributed by atoms with E-state index >= 15 is 0 Å².